The van der Waals surface area contributed by atoms with Crippen molar-refractivity contribution in [3.63, 3.8) is 0 Å². The van der Waals surface area contributed by atoms with Gasteiger partial charge >= 0.3 is 5.97 Å². The molecule has 0 aromatic rings. The van der Waals surface area contributed by atoms with Gasteiger partial charge in [-0.3, -0.25) is 0 Å². The van der Waals surface area contributed by atoms with E-state index in [-0.39, 0.29) is 0 Å². The van der Waals surface area contributed by atoms with Gasteiger partial charge in [-0.05, 0) is 0 Å². The Kier molecular flexibility index (Phi) is 2.02. The van der Waals surface area contributed by atoms with Gasteiger partial charge < -0.3 is 18.9 Å². The van der Waals surface area contributed by atoms with Crippen LogP contribution in [0.1, 0.15) is 6.92 Å². The molecule has 2 aliphatic heterocycles. The van der Waals surface area contributed by atoms with Gasteiger partial charge in [0.2, 0.25) is 5.79 Å². The zero-order valence-electron chi connectivity index (χ0n) is 7.61. The van der Waals surface area contributed by atoms with Crippen LogP contribution >= 0.6 is 0 Å². The molecule has 0 radical (unpaired) electrons. The third-order valence-corrected chi connectivity index (χ3v) is 2.41. The molecule has 2 rings (SSSR count). The van der Waals surface area contributed by atoms with Crippen molar-refractivity contribution in [3.8, 4) is 0 Å². The first-order valence-electron chi connectivity index (χ1n) is 4.18. The molecule has 0 aliphatic carbocycles. The van der Waals surface area contributed by atoms with Crippen LogP contribution in [0.2, 0.25) is 0 Å². The minimum Gasteiger partial charge on any atom is -0.428 e. The number of carbonyl (C=O) groups is 1. The highest BCUT2D eigenvalue weighted by molar-refractivity contribution is 5.78. The van der Waals surface area contributed by atoms with Crippen molar-refractivity contribution in [3.05, 3.63) is 0 Å². The molecule has 2 fully saturated rings. The van der Waals surface area contributed by atoms with Gasteiger partial charge in [-0.25, -0.2) is 4.79 Å². The number of hydrogen-bond acceptors (Lipinski definition) is 5. The van der Waals surface area contributed by atoms with E-state index in [0.717, 1.165) is 0 Å². The van der Waals surface area contributed by atoms with Crippen molar-refractivity contribution in [2.45, 2.75) is 24.9 Å². The van der Waals surface area contributed by atoms with Gasteiger partial charge in [0.15, 0.2) is 12.2 Å². The molecule has 5 nitrogen and oxygen atoms in total. The van der Waals surface area contributed by atoms with Crippen molar-refractivity contribution in [1.82, 2.24) is 0 Å². The molecule has 74 valence electrons. The van der Waals surface area contributed by atoms with Crippen LogP contribution in [0.3, 0.4) is 0 Å². The van der Waals surface area contributed by atoms with E-state index in [1.54, 1.807) is 6.92 Å². The maximum absolute atomic E-state index is 11.3. The standard InChI is InChI=1S/C8H12O5/c1-8(10-2)6-5(7(9)13-8)11-3-4-12-6/h5-6H,3-4H2,1-2H3/t5-,6+,8+/m1/s1. The first-order valence-corrected chi connectivity index (χ1v) is 4.18. The van der Waals surface area contributed by atoms with E-state index in [4.69, 9.17) is 18.9 Å². The zero-order chi connectivity index (χ0) is 9.47. The normalized spacial score (nSPS) is 44.3. The van der Waals surface area contributed by atoms with Crippen LogP contribution in [0.5, 0.6) is 0 Å². The fourth-order valence-electron chi connectivity index (χ4n) is 1.62. The summed E-state index contributed by atoms with van der Waals surface area (Å²) in [5, 5.41) is 0. The lowest BCUT2D eigenvalue weighted by atomic mass is 10.1. The summed E-state index contributed by atoms with van der Waals surface area (Å²) in [6.07, 6.45) is -1.07. The molecule has 2 aliphatic rings. The number of ether oxygens (including phenoxy) is 4. The van der Waals surface area contributed by atoms with E-state index >= 15 is 0 Å². The highest BCUT2D eigenvalue weighted by Crippen LogP contribution is 2.33. The number of methoxy groups -OCH3 is 1. The average Bonchev–Trinajstić information content (AvgIpc) is 2.42. The van der Waals surface area contributed by atoms with Crippen LogP contribution in [-0.2, 0) is 23.7 Å². The molecule has 0 bridgehead atoms. The Hall–Kier alpha value is -0.650. The third-order valence-electron chi connectivity index (χ3n) is 2.41. The summed E-state index contributed by atoms with van der Waals surface area (Å²) >= 11 is 0. The maximum atomic E-state index is 11.3. The second-order valence-corrected chi connectivity index (χ2v) is 3.22. The molecule has 2 saturated heterocycles. The summed E-state index contributed by atoms with van der Waals surface area (Å²) in [6, 6.07) is 0. The van der Waals surface area contributed by atoms with E-state index in [1.807, 2.05) is 0 Å². The molecule has 0 spiro atoms. The van der Waals surface area contributed by atoms with Crippen molar-refractivity contribution < 1.29 is 23.7 Å². The topological polar surface area (TPSA) is 54.0 Å². The van der Waals surface area contributed by atoms with Gasteiger partial charge in [0.1, 0.15) is 0 Å². The smallest absolute Gasteiger partial charge is 0.340 e. The van der Waals surface area contributed by atoms with Gasteiger partial charge in [0.25, 0.3) is 0 Å². The van der Waals surface area contributed by atoms with Crippen LogP contribution in [0.25, 0.3) is 0 Å². The molecule has 3 atom stereocenters. The Morgan fingerprint density at radius 3 is 2.85 bits per heavy atom. The van der Waals surface area contributed by atoms with E-state index in [9.17, 15) is 4.79 Å². The highest BCUT2D eigenvalue weighted by Gasteiger charge is 2.56. The predicted octanol–water partition coefficient (Wildman–Crippen LogP) is -0.310. The second kappa shape index (κ2) is 2.94. The van der Waals surface area contributed by atoms with Crippen molar-refractivity contribution in [2.75, 3.05) is 20.3 Å². The lowest BCUT2D eigenvalue weighted by molar-refractivity contribution is -0.244. The summed E-state index contributed by atoms with van der Waals surface area (Å²) in [7, 11) is 1.48. The first-order chi connectivity index (χ1) is 6.17. The fraction of sp³-hybridized carbons (Fsp3) is 0.875. The van der Waals surface area contributed by atoms with Crippen LogP contribution in [0.4, 0.5) is 0 Å². The molecule has 0 aromatic heterocycles. The zero-order valence-corrected chi connectivity index (χ0v) is 7.61. The fourth-order valence-corrected chi connectivity index (χ4v) is 1.62. The second-order valence-electron chi connectivity index (χ2n) is 3.22. The summed E-state index contributed by atoms with van der Waals surface area (Å²) in [5.41, 5.74) is 0. The minimum atomic E-state index is -0.998. The molecule has 0 saturated carbocycles. The molecule has 5 heteroatoms. The van der Waals surface area contributed by atoms with Gasteiger partial charge in [0.05, 0.1) is 13.2 Å². The molecule has 13 heavy (non-hydrogen) atoms. The maximum Gasteiger partial charge on any atom is 0.340 e. The lowest BCUT2D eigenvalue weighted by Gasteiger charge is -2.31. The minimum absolute atomic E-state index is 0.408. The molecular weight excluding hydrogens is 176 g/mol. The molecule has 0 aromatic carbocycles. The number of esters is 1. The van der Waals surface area contributed by atoms with E-state index in [0.29, 0.717) is 13.2 Å². The van der Waals surface area contributed by atoms with Crippen LogP contribution in [-0.4, -0.2) is 44.3 Å². The summed E-state index contributed by atoms with van der Waals surface area (Å²) in [5.74, 6) is -1.41. The predicted molar refractivity (Wildman–Crippen MR) is 41.0 cm³/mol. The Balaban J connectivity index is 2.22. The first kappa shape index (κ1) is 8.93. The van der Waals surface area contributed by atoms with Gasteiger partial charge in [-0.15, -0.1) is 0 Å². The number of hydrogen-bond donors (Lipinski definition) is 0. The van der Waals surface area contributed by atoms with Crippen LogP contribution in [0, 0.1) is 0 Å². The summed E-state index contributed by atoms with van der Waals surface area (Å²) < 4.78 is 20.7. The molecule has 0 amide bonds. The van der Waals surface area contributed by atoms with Gasteiger partial charge in [-0.1, -0.05) is 0 Å². The number of carbonyl (C=O) groups excluding carboxylic acids is 1. The molecule has 2 heterocycles. The average molecular weight is 188 g/mol. The number of fused-ring (bicyclic) bond motifs is 1. The highest BCUT2D eigenvalue weighted by atomic mass is 16.8. The molecule has 0 unspecified atom stereocenters. The van der Waals surface area contributed by atoms with Gasteiger partial charge in [0, 0.05) is 14.0 Å². The largest absolute Gasteiger partial charge is 0.428 e. The number of cyclic esters (lactones) is 1. The van der Waals surface area contributed by atoms with Crippen LogP contribution < -0.4 is 0 Å². The molecule has 0 N–H and O–H groups in total. The Bertz CT molecular complexity index is 229. The van der Waals surface area contributed by atoms with Gasteiger partial charge in [-0.2, -0.15) is 0 Å². The van der Waals surface area contributed by atoms with E-state index in [2.05, 4.69) is 0 Å². The van der Waals surface area contributed by atoms with E-state index in [1.165, 1.54) is 7.11 Å². The lowest BCUT2D eigenvalue weighted by Crippen LogP contribution is -2.48. The summed E-state index contributed by atoms with van der Waals surface area (Å²) in [6.45, 7) is 2.57. The molecular formula is C8H12O5. The van der Waals surface area contributed by atoms with Crippen molar-refractivity contribution in [2.24, 2.45) is 0 Å². The Morgan fingerprint density at radius 1 is 1.46 bits per heavy atom. The Labute approximate surface area is 75.9 Å². The monoisotopic (exact) mass is 188 g/mol. The summed E-state index contributed by atoms with van der Waals surface area (Å²) in [4.78, 5) is 11.3. The van der Waals surface area contributed by atoms with Crippen molar-refractivity contribution >= 4 is 5.97 Å². The van der Waals surface area contributed by atoms with Crippen LogP contribution in [0.15, 0.2) is 0 Å². The SMILES string of the molecule is CO[C@@]1(C)OC(=O)[C@@H]2OCCO[C@@H]21. The van der Waals surface area contributed by atoms with E-state index < -0.39 is 24.0 Å². The van der Waals surface area contributed by atoms with Crippen molar-refractivity contribution in [1.29, 1.82) is 0 Å². The quantitative estimate of drug-likeness (QED) is 0.528. The Morgan fingerprint density at radius 2 is 2.15 bits per heavy atom. The number of rotatable bonds is 1. The third kappa shape index (κ3) is 1.23.